The second-order valence-corrected chi connectivity index (χ2v) is 8.27. The average molecular weight is 411 g/mol. The van der Waals surface area contributed by atoms with E-state index < -0.39 is 0 Å². The molecule has 152 valence electrons. The van der Waals surface area contributed by atoms with E-state index in [1.807, 2.05) is 54.3 Å². The first kappa shape index (κ1) is 21.1. The number of benzene rings is 2. The minimum atomic E-state index is -0.0563. The van der Waals surface area contributed by atoms with Crippen LogP contribution in [0.25, 0.3) is 0 Å². The molecule has 0 radical (unpaired) electrons. The zero-order valence-corrected chi connectivity index (χ0v) is 17.4. The van der Waals surface area contributed by atoms with E-state index in [-0.39, 0.29) is 29.4 Å². The van der Waals surface area contributed by atoms with Crippen molar-refractivity contribution in [2.75, 3.05) is 24.6 Å². The Labute approximate surface area is 175 Å². The van der Waals surface area contributed by atoms with Gasteiger partial charge in [-0.2, -0.15) is 0 Å². The van der Waals surface area contributed by atoms with E-state index in [2.05, 4.69) is 5.32 Å². The van der Waals surface area contributed by atoms with Gasteiger partial charge in [0.2, 0.25) is 5.91 Å². The molecule has 0 spiro atoms. The quantitative estimate of drug-likeness (QED) is 0.711. The Morgan fingerprint density at radius 3 is 2.24 bits per heavy atom. The Morgan fingerprint density at radius 2 is 1.59 bits per heavy atom. The summed E-state index contributed by atoms with van der Waals surface area (Å²) in [4.78, 5) is 38.6. The molecule has 0 saturated carbocycles. The number of amides is 2. The van der Waals surface area contributed by atoms with E-state index in [9.17, 15) is 14.4 Å². The summed E-state index contributed by atoms with van der Waals surface area (Å²) in [5.74, 6) is 0.581. The topological polar surface area (TPSA) is 66.5 Å². The van der Waals surface area contributed by atoms with E-state index >= 15 is 0 Å². The summed E-state index contributed by atoms with van der Waals surface area (Å²) in [6.07, 6.45) is 1.49. The van der Waals surface area contributed by atoms with Crippen LogP contribution in [0.1, 0.15) is 39.1 Å². The second kappa shape index (κ2) is 10.3. The van der Waals surface area contributed by atoms with Crippen molar-refractivity contribution in [1.29, 1.82) is 0 Å². The summed E-state index contributed by atoms with van der Waals surface area (Å²) in [5.41, 5.74) is 2.51. The molecule has 2 aromatic carbocycles. The largest absolute Gasteiger partial charge is 0.353 e. The minimum Gasteiger partial charge on any atom is -0.353 e. The van der Waals surface area contributed by atoms with E-state index in [1.54, 1.807) is 12.1 Å². The number of likely N-dealkylation sites (tertiary alicyclic amines) is 1. The predicted octanol–water partition coefficient (Wildman–Crippen LogP) is 3.33. The lowest BCUT2D eigenvalue weighted by molar-refractivity contribution is -0.119. The number of ketones is 1. The first-order valence-corrected chi connectivity index (χ1v) is 11.0. The Bertz CT molecular complexity index is 844. The fourth-order valence-corrected chi connectivity index (χ4v) is 4.04. The summed E-state index contributed by atoms with van der Waals surface area (Å²) in [6.45, 7) is 3.27. The maximum absolute atomic E-state index is 12.6. The number of hydrogen-bond acceptors (Lipinski definition) is 4. The molecule has 1 aliphatic rings. The van der Waals surface area contributed by atoms with Gasteiger partial charge in [0.25, 0.3) is 5.91 Å². The smallest absolute Gasteiger partial charge is 0.253 e. The van der Waals surface area contributed by atoms with Gasteiger partial charge in [0.15, 0.2) is 5.78 Å². The van der Waals surface area contributed by atoms with Crippen molar-refractivity contribution < 1.29 is 14.4 Å². The van der Waals surface area contributed by atoms with Crippen molar-refractivity contribution in [3.63, 3.8) is 0 Å². The molecule has 0 aliphatic carbocycles. The van der Waals surface area contributed by atoms with Crippen LogP contribution in [-0.2, 0) is 4.79 Å². The summed E-state index contributed by atoms with van der Waals surface area (Å²) in [7, 11) is 0. The highest BCUT2D eigenvalue weighted by Crippen LogP contribution is 2.15. The standard InChI is InChI=1S/C23H26N2O3S/c1-17-7-9-19(10-8-17)23(28)25-13-11-20(12-14-25)24-22(27)16-29-15-21(26)18-5-3-2-4-6-18/h2-10,20H,11-16H2,1H3,(H,24,27). The van der Waals surface area contributed by atoms with Gasteiger partial charge < -0.3 is 10.2 Å². The molecule has 1 N–H and O–H groups in total. The van der Waals surface area contributed by atoms with Crippen LogP contribution < -0.4 is 5.32 Å². The number of aryl methyl sites for hydroxylation is 1. The molecule has 29 heavy (non-hydrogen) atoms. The molecule has 5 nitrogen and oxygen atoms in total. The van der Waals surface area contributed by atoms with Gasteiger partial charge in [0.1, 0.15) is 0 Å². The van der Waals surface area contributed by atoms with Crippen LogP contribution in [0.15, 0.2) is 54.6 Å². The molecule has 1 fully saturated rings. The van der Waals surface area contributed by atoms with Crippen molar-refractivity contribution in [3.05, 3.63) is 71.3 Å². The zero-order valence-electron chi connectivity index (χ0n) is 16.6. The molecule has 0 unspecified atom stereocenters. The van der Waals surface area contributed by atoms with Crippen LogP contribution in [0.5, 0.6) is 0 Å². The van der Waals surface area contributed by atoms with Crippen molar-refractivity contribution in [1.82, 2.24) is 10.2 Å². The highest BCUT2D eigenvalue weighted by Gasteiger charge is 2.24. The molecule has 6 heteroatoms. The molecule has 1 heterocycles. The lowest BCUT2D eigenvalue weighted by atomic mass is 10.0. The van der Waals surface area contributed by atoms with Crippen molar-refractivity contribution in [2.24, 2.45) is 0 Å². The number of carbonyl (C=O) groups excluding carboxylic acids is 3. The Balaban J connectivity index is 1.36. The summed E-state index contributed by atoms with van der Waals surface area (Å²) in [5, 5.41) is 3.03. The SMILES string of the molecule is Cc1ccc(C(=O)N2CCC(NC(=O)CSCC(=O)c3ccccc3)CC2)cc1. The lowest BCUT2D eigenvalue weighted by Crippen LogP contribution is -2.47. The number of rotatable bonds is 7. The van der Waals surface area contributed by atoms with Crippen molar-refractivity contribution in [2.45, 2.75) is 25.8 Å². The van der Waals surface area contributed by atoms with E-state index in [0.29, 0.717) is 30.0 Å². The van der Waals surface area contributed by atoms with E-state index in [0.717, 1.165) is 18.4 Å². The molecular formula is C23H26N2O3S. The number of piperidine rings is 1. The fourth-order valence-electron chi connectivity index (χ4n) is 3.32. The van der Waals surface area contributed by atoms with Crippen LogP contribution in [0.4, 0.5) is 0 Å². The highest BCUT2D eigenvalue weighted by atomic mass is 32.2. The summed E-state index contributed by atoms with van der Waals surface area (Å²) in [6, 6.07) is 16.8. The maximum Gasteiger partial charge on any atom is 0.253 e. The van der Waals surface area contributed by atoms with Gasteiger partial charge in [-0.1, -0.05) is 48.0 Å². The van der Waals surface area contributed by atoms with Crippen molar-refractivity contribution >= 4 is 29.4 Å². The number of Topliss-reactive ketones (excluding diaryl/α,β-unsaturated/α-hetero) is 1. The molecule has 3 rings (SSSR count). The monoisotopic (exact) mass is 410 g/mol. The van der Waals surface area contributed by atoms with Crippen LogP contribution in [-0.4, -0.2) is 53.1 Å². The van der Waals surface area contributed by atoms with Crippen LogP contribution >= 0.6 is 11.8 Å². The number of thioether (sulfide) groups is 1. The lowest BCUT2D eigenvalue weighted by Gasteiger charge is -2.32. The molecule has 0 atom stereocenters. The van der Waals surface area contributed by atoms with Gasteiger partial charge >= 0.3 is 0 Å². The Hall–Kier alpha value is -2.60. The summed E-state index contributed by atoms with van der Waals surface area (Å²) < 4.78 is 0. The third kappa shape index (κ3) is 6.19. The first-order valence-electron chi connectivity index (χ1n) is 9.84. The number of hydrogen-bond donors (Lipinski definition) is 1. The van der Waals surface area contributed by atoms with Gasteiger partial charge in [-0.15, -0.1) is 11.8 Å². The van der Waals surface area contributed by atoms with Gasteiger partial charge in [0.05, 0.1) is 11.5 Å². The average Bonchev–Trinajstić information content (AvgIpc) is 2.75. The molecule has 0 bridgehead atoms. The van der Waals surface area contributed by atoms with Gasteiger partial charge in [-0.25, -0.2) is 0 Å². The maximum atomic E-state index is 12.6. The molecule has 2 aromatic rings. The number of nitrogens with zero attached hydrogens (tertiary/aromatic N) is 1. The summed E-state index contributed by atoms with van der Waals surface area (Å²) >= 11 is 1.33. The van der Waals surface area contributed by atoms with E-state index in [1.165, 1.54) is 11.8 Å². The molecule has 2 amide bonds. The molecule has 1 saturated heterocycles. The fraction of sp³-hybridized carbons (Fsp3) is 0.348. The van der Waals surface area contributed by atoms with Crippen LogP contribution in [0, 0.1) is 6.92 Å². The van der Waals surface area contributed by atoms with E-state index in [4.69, 9.17) is 0 Å². The number of carbonyl (C=O) groups is 3. The predicted molar refractivity (Wildman–Crippen MR) is 116 cm³/mol. The van der Waals surface area contributed by atoms with Crippen LogP contribution in [0.3, 0.4) is 0 Å². The Kier molecular flexibility index (Phi) is 7.47. The normalized spacial score (nSPS) is 14.4. The number of nitrogens with one attached hydrogen (secondary N) is 1. The minimum absolute atomic E-state index is 0.0336. The van der Waals surface area contributed by atoms with Gasteiger partial charge in [0, 0.05) is 30.3 Å². The Morgan fingerprint density at radius 1 is 0.931 bits per heavy atom. The van der Waals surface area contributed by atoms with Crippen LogP contribution in [0.2, 0.25) is 0 Å². The second-order valence-electron chi connectivity index (χ2n) is 7.28. The zero-order chi connectivity index (χ0) is 20.6. The third-order valence-corrected chi connectivity index (χ3v) is 5.94. The first-order chi connectivity index (χ1) is 14.0. The molecule has 1 aliphatic heterocycles. The molecule has 0 aromatic heterocycles. The van der Waals surface area contributed by atoms with Gasteiger partial charge in [-0.05, 0) is 31.9 Å². The third-order valence-electron chi connectivity index (χ3n) is 5.01. The van der Waals surface area contributed by atoms with Crippen molar-refractivity contribution in [3.8, 4) is 0 Å². The highest BCUT2D eigenvalue weighted by molar-refractivity contribution is 8.00. The van der Waals surface area contributed by atoms with Gasteiger partial charge in [-0.3, -0.25) is 14.4 Å². The molecular weight excluding hydrogens is 384 g/mol.